The van der Waals surface area contributed by atoms with Gasteiger partial charge in [0.05, 0.1) is 17.8 Å². The number of ether oxygens (including phenoxy) is 1. The maximum absolute atomic E-state index is 6.06. The first-order valence-electron chi connectivity index (χ1n) is 12.4. The van der Waals surface area contributed by atoms with E-state index in [1.807, 2.05) is 54.7 Å². The molecule has 1 fully saturated rings. The van der Waals surface area contributed by atoms with Crippen LogP contribution in [0.4, 0.5) is 5.69 Å². The second kappa shape index (κ2) is 9.78. The molecule has 3 heterocycles. The summed E-state index contributed by atoms with van der Waals surface area (Å²) in [6.45, 7) is 10.9. The third kappa shape index (κ3) is 4.49. The van der Waals surface area contributed by atoms with Crippen LogP contribution in [0.1, 0.15) is 60.2 Å². The molecule has 1 saturated heterocycles. The summed E-state index contributed by atoms with van der Waals surface area (Å²) in [6, 6.07) is 24.8. The topological polar surface area (TPSA) is 42.3 Å². The van der Waals surface area contributed by atoms with Crippen molar-refractivity contribution in [2.24, 2.45) is 0 Å². The molecule has 5 rings (SSSR count). The third-order valence-electron chi connectivity index (χ3n) is 6.83. The minimum absolute atomic E-state index is 0.0324. The number of aryl methyl sites for hydroxylation is 2. The zero-order valence-electron chi connectivity index (χ0n) is 21.4. The summed E-state index contributed by atoms with van der Waals surface area (Å²) >= 11 is 5.91. The van der Waals surface area contributed by atoms with E-state index in [9.17, 15) is 0 Å². The Bertz CT molecular complexity index is 1360. The fourth-order valence-corrected chi connectivity index (χ4v) is 5.61. The standard InChI is InChI=1S/C30H32N4OS/c1-19(2)33-21(4)18-26(22(33)5)29-28(27-8-6-7-17-31-27)32-30(36)34(29)23-11-15-25(16-12-23)35-24-13-9-20(3)10-14-24/h6-19,28-29H,1-5H3,(H,32,36)/t28-,29+/m1/s1. The summed E-state index contributed by atoms with van der Waals surface area (Å²) in [4.78, 5) is 6.90. The maximum Gasteiger partial charge on any atom is 0.174 e. The molecule has 2 atom stereocenters. The summed E-state index contributed by atoms with van der Waals surface area (Å²) in [5.41, 5.74) is 6.95. The van der Waals surface area contributed by atoms with Gasteiger partial charge in [0.25, 0.3) is 0 Å². The second-order valence-corrected chi connectivity index (χ2v) is 10.1. The Labute approximate surface area is 218 Å². The van der Waals surface area contributed by atoms with Crippen LogP contribution in [0.15, 0.2) is 79.0 Å². The van der Waals surface area contributed by atoms with Gasteiger partial charge in [0.2, 0.25) is 0 Å². The van der Waals surface area contributed by atoms with Crippen molar-refractivity contribution in [1.82, 2.24) is 14.9 Å². The average molecular weight is 497 g/mol. The van der Waals surface area contributed by atoms with Crippen molar-refractivity contribution >= 4 is 23.0 Å². The summed E-state index contributed by atoms with van der Waals surface area (Å²) in [7, 11) is 0. The first kappa shape index (κ1) is 24.1. The van der Waals surface area contributed by atoms with Gasteiger partial charge in [-0.1, -0.05) is 23.8 Å². The highest BCUT2D eigenvalue weighted by Crippen LogP contribution is 2.44. The van der Waals surface area contributed by atoms with Crippen molar-refractivity contribution in [3.05, 3.63) is 107 Å². The van der Waals surface area contributed by atoms with E-state index in [4.69, 9.17) is 17.0 Å². The lowest BCUT2D eigenvalue weighted by molar-refractivity contribution is 0.482. The zero-order chi connectivity index (χ0) is 25.4. The first-order chi connectivity index (χ1) is 17.3. The van der Waals surface area contributed by atoms with E-state index < -0.39 is 0 Å². The molecule has 5 nitrogen and oxygen atoms in total. The summed E-state index contributed by atoms with van der Waals surface area (Å²) in [5.74, 6) is 1.61. The van der Waals surface area contributed by atoms with E-state index in [1.165, 1.54) is 22.5 Å². The number of rotatable bonds is 6. The Balaban J connectivity index is 1.53. The van der Waals surface area contributed by atoms with Crippen LogP contribution in [-0.4, -0.2) is 14.7 Å². The van der Waals surface area contributed by atoms with Gasteiger partial charge in [-0.2, -0.15) is 0 Å². The van der Waals surface area contributed by atoms with Gasteiger partial charge in [-0.3, -0.25) is 4.98 Å². The van der Waals surface area contributed by atoms with Crippen LogP contribution in [0.5, 0.6) is 11.5 Å². The van der Waals surface area contributed by atoms with Gasteiger partial charge in [-0.05, 0) is 107 Å². The highest BCUT2D eigenvalue weighted by atomic mass is 32.1. The van der Waals surface area contributed by atoms with E-state index >= 15 is 0 Å². The van der Waals surface area contributed by atoms with Crippen molar-refractivity contribution in [2.75, 3.05) is 4.90 Å². The number of benzene rings is 2. The fraction of sp³-hybridized carbons (Fsp3) is 0.267. The molecular formula is C30H32N4OS. The van der Waals surface area contributed by atoms with E-state index in [0.29, 0.717) is 11.2 Å². The molecule has 6 heteroatoms. The van der Waals surface area contributed by atoms with Crippen LogP contribution in [0.3, 0.4) is 0 Å². The van der Waals surface area contributed by atoms with Crippen molar-refractivity contribution in [3.63, 3.8) is 0 Å². The molecule has 0 bridgehead atoms. The predicted molar refractivity (Wildman–Crippen MR) is 150 cm³/mol. The number of aromatic nitrogens is 2. The van der Waals surface area contributed by atoms with E-state index in [2.05, 4.69) is 78.7 Å². The van der Waals surface area contributed by atoms with Gasteiger partial charge in [-0.15, -0.1) is 0 Å². The molecule has 2 aromatic carbocycles. The third-order valence-corrected chi connectivity index (χ3v) is 7.14. The molecule has 0 spiro atoms. The smallest absolute Gasteiger partial charge is 0.174 e. The van der Waals surface area contributed by atoms with Crippen LogP contribution in [0.25, 0.3) is 0 Å². The SMILES string of the molecule is Cc1ccc(Oc2ccc(N3C(=S)N[C@H](c4ccccn4)[C@@H]3c3cc(C)n(C(C)C)c3C)cc2)cc1. The second-order valence-electron chi connectivity index (χ2n) is 9.70. The highest BCUT2D eigenvalue weighted by molar-refractivity contribution is 7.80. The fourth-order valence-electron chi connectivity index (χ4n) is 5.26. The largest absolute Gasteiger partial charge is 0.457 e. The van der Waals surface area contributed by atoms with Gasteiger partial charge < -0.3 is 19.5 Å². The average Bonchev–Trinajstić information content (AvgIpc) is 3.36. The van der Waals surface area contributed by atoms with E-state index in [-0.39, 0.29) is 12.1 Å². The molecule has 0 aliphatic carbocycles. The Morgan fingerprint density at radius 1 is 0.917 bits per heavy atom. The number of hydrogen-bond acceptors (Lipinski definition) is 3. The molecule has 2 aromatic heterocycles. The van der Waals surface area contributed by atoms with Crippen LogP contribution < -0.4 is 15.0 Å². The van der Waals surface area contributed by atoms with Gasteiger partial charge in [-0.25, -0.2) is 0 Å². The molecule has 184 valence electrons. The van der Waals surface area contributed by atoms with E-state index in [0.717, 1.165) is 22.9 Å². The Hall–Kier alpha value is -3.64. The Morgan fingerprint density at radius 3 is 2.17 bits per heavy atom. The minimum atomic E-state index is -0.0664. The molecule has 0 amide bonds. The molecule has 1 aliphatic heterocycles. The van der Waals surface area contributed by atoms with Gasteiger partial charge >= 0.3 is 0 Å². The molecular weight excluding hydrogens is 464 g/mol. The molecule has 1 N–H and O–H groups in total. The van der Waals surface area contributed by atoms with Crippen LogP contribution in [-0.2, 0) is 0 Å². The molecule has 0 saturated carbocycles. The lowest BCUT2D eigenvalue weighted by Gasteiger charge is -2.28. The van der Waals surface area contributed by atoms with Crippen LogP contribution >= 0.6 is 12.2 Å². The van der Waals surface area contributed by atoms with Crippen molar-refractivity contribution in [1.29, 1.82) is 0 Å². The summed E-state index contributed by atoms with van der Waals surface area (Å²) in [5, 5.41) is 4.26. The zero-order valence-corrected chi connectivity index (χ0v) is 22.2. The first-order valence-corrected chi connectivity index (χ1v) is 12.8. The monoisotopic (exact) mass is 496 g/mol. The van der Waals surface area contributed by atoms with Gasteiger partial charge in [0, 0.05) is 29.3 Å². The predicted octanol–water partition coefficient (Wildman–Crippen LogP) is 7.36. The van der Waals surface area contributed by atoms with Crippen LogP contribution in [0.2, 0.25) is 0 Å². The number of hydrogen-bond donors (Lipinski definition) is 1. The van der Waals surface area contributed by atoms with Gasteiger partial charge in [0.1, 0.15) is 11.5 Å². The van der Waals surface area contributed by atoms with Crippen LogP contribution in [0, 0.1) is 20.8 Å². The quantitative estimate of drug-likeness (QED) is 0.283. The maximum atomic E-state index is 6.06. The molecule has 4 aromatic rings. The number of nitrogens with zero attached hydrogens (tertiary/aromatic N) is 3. The lowest BCUT2D eigenvalue weighted by atomic mass is 9.96. The highest BCUT2D eigenvalue weighted by Gasteiger charge is 2.42. The molecule has 1 aliphatic rings. The summed E-state index contributed by atoms with van der Waals surface area (Å²) < 4.78 is 8.46. The lowest BCUT2D eigenvalue weighted by Crippen LogP contribution is -2.29. The Kier molecular flexibility index (Phi) is 6.54. The minimum Gasteiger partial charge on any atom is -0.457 e. The van der Waals surface area contributed by atoms with Gasteiger partial charge in [0.15, 0.2) is 5.11 Å². The number of anilines is 1. The molecule has 0 radical (unpaired) electrons. The van der Waals surface area contributed by atoms with Crippen molar-refractivity contribution in [2.45, 2.75) is 52.7 Å². The number of thiocarbonyl (C=S) groups is 1. The number of nitrogens with one attached hydrogen (secondary N) is 1. The van der Waals surface area contributed by atoms with E-state index in [1.54, 1.807) is 0 Å². The van der Waals surface area contributed by atoms with Crippen molar-refractivity contribution in [3.8, 4) is 11.5 Å². The number of pyridine rings is 1. The normalized spacial score (nSPS) is 17.5. The van der Waals surface area contributed by atoms with Crippen molar-refractivity contribution < 1.29 is 4.74 Å². The Morgan fingerprint density at radius 2 is 1.58 bits per heavy atom. The molecule has 0 unspecified atom stereocenters. The molecule has 36 heavy (non-hydrogen) atoms. The summed E-state index contributed by atoms with van der Waals surface area (Å²) in [6.07, 6.45) is 1.84.